The highest BCUT2D eigenvalue weighted by Crippen LogP contribution is 2.44. The minimum atomic E-state index is -5.12. The van der Waals surface area contributed by atoms with Crippen molar-refractivity contribution in [2.45, 2.75) is 18.0 Å². The van der Waals surface area contributed by atoms with E-state index in [1.165, 1.54) is 6.07 Å². The quantitative estimate of drug-likeness (QED) is 0.861. The molecule has 0 amide bonds. The molecule has 0 aromatic heterocycles. The number of aliphatic carboxylic acids is 1. The predicted molar refractivity (Wildman–Crippen MR) is 59.4 cm³/mol. The molecule has 1 unspecified atom stereocenters. The fourth-order valence-corrected chi connectivity index (χ4v) is 2.08. The third-order valence-electron chi connectivity index (χ3n) is 2.44. The number of carbonyl (C=O) groups is 1. The van der Waals surface area contributed by atoms with Crippen LogP contribution in [-0.2, 0) is 10.2 Å². The van der Waals surface area contributed by atoms with Crippen molar-refractivity contribution in [1.29, 1.82) is 5.26 Å². The van der Waals surface area contributed by atoms with E-state index in [0.29, 0.717) is 0 Å². The summed E-state index contributed by atoms with van der Waals surface area (Å²) in [4.78, 5) is 10.5. The molecule has 0 aliphatic carbocycles. The van der Waals surface area contributed by atoms with Gasteiger partial charge in [-0.3, -0.25) is 0 Å². The van der Waals surface area contributed by atoms with Gasteiger partial charge in [-0.2, -0.15) is 18.4 Å². The van der Waals surface area contributed by atoms with Crippen molar-refractivity contribution in [2.75, 3.05) is 0 Å². The summed E-state index contributed by atoms with van der Waals surface area (Å²) in [6, 6.07) is 3.87. The molecule has 3 nitrogen and oxygen atoms in total. The first-order chi connectivity index (χ1) is 8.62. The van der Waals surface area contributed by atoms with Crippen LogP contribution >= 0.6 is 23.2 Å². The summed E-state index contributed by atoms with van der Waals surface area (Å²) in [6.07, 6.45) is -6.65. The van der Waals surface area contributed by atoms with Gasteiger partial charge in [0.1, 0.15) is 0 Å². The van der Waals surface area contributed by atoms with Crippen LogP contribution in [0.3, 0.4) is 0 Å². The number of nitriles is 1. The van der Waals surface area contributed by atoms with Gasteiger partial charge in [0.25, 0.3) is 0 Å². The Balaban J connectivity index is 3.55. The lowest BCUT2D eigenvalue weighted by atomic mass is 9.78. The lowest BCUT2D eigenvalue weighted by Crippen LogP contribution is -2.45. The SMILES string of the molecule is N#CC(CC(=O)[O-])(c1cc(Cl)cc(Cl)c1)C(F)(F)F. The summed E-state index contributed by atoms with van der Waals surface area (Å²) in [5, 5.41) is 19.1. The van der Waals surface area contributed by atoms with Crippen molar-refractivity contribution in [3.63, 3.8) is 0 Å². The van der Waals surface area contributed by atoms with E-state index in [1.807, 2.05) is 0 Å². The zero-order chi connectivity index (χ0) is 14.8. The fourth-order valence-electron chi connectivity index (χ4n) is 1.55. The van der Waals surface area contributed by atoms with E-state index >= 15 is 0 Å². The van der Waals surface area contributed by atoms with Gasteiger partial charge in [0, 0.05) is 22.4 Å². The Hall–Kier alpha value is -1.45. The largest absolute Gasteiger partial charge is 0.550 e. The topological polar surface area (TPSA) is 63.9 Å². The van der Waals surface area contributed by atoms with E-state index in [0.717, 1.165) is 18.2 Å². The summed E-state index contributed by atoms with van der Waals surface area (Å²) in [6.45, 7) is 0. The molecule has 0 saturated heterocycles. The number of benzene rings is 1. The highest BCUT2D eigenvalue weighted by Gasteiger charge is 2.57. The lowest BCUT2D eigenvalue weighted by Gasteiger charge is -2.30. The van der Waals surface area contributed by atoms with E-state index in [2.05, 4.69) is 0 Å². The van der Waals surface area contributed by atoms with Gasteiger partial charge < -0.3 is 9.90 Å². The van der Waals surface area contributed by atoms with E-state index in [1.54, 1.807) is 0 Å². The van der Waals surface area contributed by atoms with E-state index in [9.17, 15) is 23.1 Å². The smallest absolute Gasteiger partial charge is 0.411 e. The molecule has 0 spiro atoms. The van der Waals surface area contributed by atoms with E-state index < -0.39 is 29.5 Å². The van der Waals surface area contributed by atoms with E-state index in [4.69, 9.17) is 28.5 Å². The Bertz CT molecular complexity index is 534. The molecule has 19 heavy (non-hydrogen) atoms. The number of carbonyl (C=O) groups excluding carboxylic acids is 1. The molecular weight excluding hydrogens is 306 g/mol. The van der Waals surface area contributed by atoms with Gasteiger partial charge in [0.15, 0.2) is 5.41 Å². The standard InChI is InChI=1S/C11H6Cl2F3NO2/c12-7-1-6(2-8(13)3-7)10(5-17,4-9(18)19)11(14,15)16/h1-3H,4H2,(H,18,19)/p-1. The number of halogens is 5. The molecule has 0 aliphatic rings. The zero-order valence-electron chi connectivity index (χ0n) is 9.09. The number of alkyl halides is 3. The van der Waals surface area contributed by atoms with E-state index in [-0.39, 0.29) is 10.0 Å². The molecule has 102 valence electrons. The molecule has 1 aromatic carbocycles. The highest BCUT2D eigenvalue weighted by molar-refractivity contribution is 6.34. The minimum Gasteiger partial charge on any atom is -0.550 e. The second-order valence-corrected chi connectivity index (χ2v) is 4.59. The van der Waals surface area contributed by atoms with Crippen LogP contribution in [0.15, 0.2) is 18.2 Å². The van der Waals surface area contributed by atoms with Crippen LogP contribution in [0, 0.1) is 11.3 Å². The molecule has 0 fully saturated rings. The summed E-state index contributed by atoms with van der Waals surface area (Å²) >= 11 is 11.2. The third-order valence-corrected chi connectivity index (χ3v) is 2.88. The number of carboxylic acid groups (broad SMARTS) is 1. The van der Waals surface area contributed by atoms with Crippen LogP contribution in [0.4, 0.5) is 13.2 Å². The second-order valence-electron chi connectivity index (χ2n) is 3.72. The number of rotatable bonds is 3. The Morgan fingerprint density at radius 1 is 1.26 bits per heavy atom. The average molecular weight is 311 g/mol. The zero-order valence-corrected chi connectivity index (χ0v) is 10.6. The van der Waals surface area contributed by atoms with Gasteiger partial charge in [-0.1, -0.05) is 23.2 Å². The Morgan fingerprint density at radius 3 is 2.05 bits per heavy atom. The van der Waals surface area contributed by atoms with Gasteiger partial charge in [-0.25, -0.2) is 0 Å². The lowest BCUT2D eigenvalue weighted by molar-refractivity contribution is -0.310. The summed E-state index contributed by atoms with van der Waals surface area (Å²) in [7, 11) is 0. The Morgan fingerprint density at radius 2 is 1.74 bits per heavy atom. The summed E-state index contributed by atoms with van der Waals surface area (Å²) in [5.74, 6) is -2.00. The first-order valence-electron chi connectivity index (χ1n) is 4.77. The Kier molecular flexibility index (Phi) is 4.33. The molecule has 1 rings (SSSR count). The van der Waals surface area contributed by atoms with Gasteiger partial charge >= 0.3 is 6.18 Å². The normalized spacial score (nSPS) is 14.5. The van der Waals surface area contributed by atoms with Gasteiger partial charge in [-0.05, 0) is 23.8 Å². The van der Waals surface area contributed by atoms with Crippen LogP contribution in [0.25, 0.3) is 0 Å². The molecule has 0 N–H and O–H groups in total. The third kappa shape index (κ3) is 3.11. The Labute approximate surface area is 116 Å². The average Bonchev–Trinajstić information content (AvgIpc) is 2.22. The summed E-state index contributed by atoms with van der Waals surface area (Å²) in [5.41, 5.74) is -3.88. The monoisotopic (exact) mass is 310 g/mol. The van der Waals surface area contributed by atoms with Crippen molar-refractivity contribution < 1.29 is 23.1 Å². The van der Waals surface area contributed by atoms with Crippen LogP contribution in [0.5, 0.6) is 0 Å². The van der Waals surface area contributed by atoms with Crippen molar-refractivity contribution in [3.05, 3.63) is 33.8 Å². The maximum absolute atomic E-state index is 13.1. The van der Waals surface area contributed by atoms with Gasteiger partial charge in [-0.15, -0.1) is 0 Å². The van der Waals surface area contributed by atoms with Gasteiger partial charge in [0.2, 0.25) is 0 Å². The number of nitrogens with zero attached hydrogens (tertiary/aromatic N) is 1. The molecule has 1 aromatic rings. The first-order valence-corrected chi connectivity index (χ1v) is 5.52. The predicted octanol–water partition coefficient (Wildman–Crippen LogP) is 2.46. The van der Waals surface area contributed by atoms with Crippen LogP contribution in [-0.4, -0.2) is 12.1 Å². The maximum Gasteiger partial charge on any atom is 0.411 e. The van der Waals surface area contributed by atoms with Gasteiger partial charge in [0.05, 0.1) is 6.07 Å². The number of hydrogen-bond donors (Lipinski definition) is 0. The first kappa shape index (κ1) is 15.6. The molecule has 1 atom stereocenters. The number of hydrogen-bond acceptors (Lipinski definition) is 3. The van der Waals surface area contributed by atoms with Crippen LogP contribution in [0.2, 0.25) is 10.0 Å². The van der Waals surface area contributed by atoms with Crippen LogP contribution < -0.4 is 5.11 Å². The molecule has 0 saturated carbocycles. The highest BCUT2D eigenvalue weighted by atomic mass is 35.5. The van der Waals surface area contributed by atoms with Crippen LogP contribution in [0.1, 0.15) is 12.0 Å². The molecular formula is C11H5Cl2F3NO2-. The van der Waals surface area contributed by atoms with Crippen molar-refractivity contribution in [1.82, 2.24) is 0 Å². The number of carboxylic acids is 1. The van der Waals surface area contributed by atoms with Crippen molar-refractivity contribution in [2.24, 2.45) is 0 Å². The molecule has 0 bridgehead atoms. The van der Waals surface area contributed by atoms with Crippen molar-refractivity contribution in [3.8, 4) is 6.07 Å². The molecule has 0 aliphatic heterocycles. The molecule has 8 heteroatoms. The molecule has 0 heterocycles. The fraction of sp³-hybridized carbons (Fsp3) is 0.273. The molecule has 0 radical (unpaired) electrons. The second kappa shape index (κ2) is 5.27. The maximum atomic E-state index is 13.1. The minimum absolute atomic E-state index is 0.135. The van der Waals surface area contributed by atoms with Crippen molar-refractivity contribution >= 4 is 29.2 Å². The summed E-state index contributed by atoms with van der Waals surface area (Å²) < 4.78 is 39.3.